The van der Waals surface area contributed by atoms with E-state index >= 15 is 0 Å². The highest BCUT2D eigenvalue weighted by atomic mass is 127. The molecule has 0 aliphatic heterocycles. The maximum Gasteiger partial charge on any atom is 0.0232 e. The van der Waals surface area contributed by atoms with Crippen molar-refractivity contribution in [1.82, 2.24) is 0 Å². The first-order chi connectivity index (χ1) is 8.15. The molecule has 0 aliphatic carbocycles. The quantitative estimate of drug-likeness (QED) is 0.539. The SMILES string of the molecule is Cc1ccc(SCc2ccc(I)cc2)c(C)c1. The lowest BCUT2D eigenvalue weighted by Gasteiger charge is -2.06. The minimum absolute atomic E-state index is 1.04. The number of halogens is 1. The molecule has 0 heterocycles. The van der Waals surface area contributed by atoms with Gasteiger partial charge in [-0.1, -0.05) is 29.8 Å². The van der Waals surface area contributed by atoms with Crippen LogP contribution >= 0.6 is 34.4 Å². The van der Waals surface area contributed by atoms with Gasteiger partial charge in [0.2, 0.25) is 0 Å². The summed E-state index contributed by atoms with van der Waals surface area (Å²) in [7, 11) is 0. The van der Waals surface area contributed by atoms with E-state index in [-0.39, 0.29) is 0 Å². The summed E-state index contributed by atoms with van der Waals surface area (Å²) < 4.78 is 1.29. The lowest BCUT2D eigenvalue weighted by atomic mass is 10.2. The van der Waals surface area contributed by atoms with Crippen LogP contribution in [0, 0.1) is 17.4 Å². The minimum Gasteiger partial charge on any atom is -0.121 e. The van der Waals surface area contributed by atoms with Gasteiger partial charge in [0.05, 0.1) is 0 Å². The molecule has 0 saturated carbocycles. The Bertz CT molecular complexity index is 503. The molecule has 0 bridgehead atoms. The molecule has 0 spiro atoms. The van der Waals surface area contributed by atoms with Gasteiger partial charge in [0.15, 0.2) is 0 Å². The van der Waals surface area contributed by atoms with Gasteiger partial charge < -0.3 is 0 Å². The van der Waals surface area contributed by atoms with Crippen LogP contribution in [-0.4, -0.2) is 0 Å². The maximum absolute atomic E-state index is 2.34. The average Bonchev–Trinajstić information content (AvgIpc) is 2.30. The minimum atomic E-state index is 1.04. The number of hydrogen-bond acceptors (Lipinski definition) is 1. The summed E-state index contributed by atoms with van der Waals surface area (Å²) in [4.78, 5) is 1.38. The maximum atomic E-state index is 2.34. The lowest BCUT2D eigenvalue weighted by Crippen LogP contribution is -1.84. The molecule has 0 atom stereocenters. The van der Waals surface area contributed by atoms with Gasteiger partial charge in [-0.2, -0.15) is 0 Å². The third-order valence-electron chi connectivity index (χ3n) is 2.64. The van der Waals surface area contributed by atoms with Crippen LogP contribution in [0.3, 0.4) is 0 Å². The van der Waals surface area contributed by atoms with Crippen LogP contribution in [0.15, 0.2) is 47.4 Å². The van der Waals surface area contributed by atoms with E-state index in [0.717, 1.165) is 5.75 Å². The number of rotatable bonds is 3. The molecule has 0 amide bonds. The zero-order chi connectivity index (χ0) is 12.3. The van der Waals surface area contributed by atoms with Gasteiger partial charge in [0, 0.05) is 14.2 Å². The van der Waals surface area contributed by atoms with Gasteiger partial charge in [-0.15, -0.1) is 11.8 Å². The van der Waals surface area contributed by atoms with Gasteiger partial charge in [-0.25, -0.2) is 0 Å². The molecule has 0 aromatic heterocycles. The molecule has 2 rings (SSSR count). The molecule has 17 heavy (non-hydrogen) atoms. The highest BCUT2D eigenvalue weighted by Crippen LogP contribution is 2.26. The molecular weight excluding hydrogens is 339 g/mol. The first-order valence-electron chi connectivity index (χ1n) is 5.59. The topological polar surface area (TPSA) is 0 Å². The fourth-order valence-corrected chi connectivity index (χ4v) is 3.03. The first-order valence-corrected chi connectivity index (χ1v) is 7.66. The van der Waals surface area contributed by atoms with Crippen molar-refractivity contribution in [3.05, 3.63) is 62.7 Å². The Morgan fingerprint density at radius 2 is 1.71 bits per heavy atom. The van der Waals surface area contributed by atoms with Crippen LogP contribution < -0.4 is 0 Å². The fourth-order valence-electron chi connectivity index (χ4n) is 1.70. The molecule has 2 aromatic carbocycles. The van der Waals surface area contributed by atoms with Crippen LogP contribution in [0.4, 0.5) is 0 Å². The van der Waals surface area contributed by atoms with Crippen LogP contribution in [0.2, 0.25) is 0 Å². The molecule has 0 saturated heterocycles. The predicted octanol–water partition coefficient (Wildman–Crippen LogP) is 5.20. The number of aryl methyl sites for hydroxylation is 2. The number of benzene rings is 2. The summed E-state index contributed by atoms with van der Waals surface area (Å²) in [5.74, 6) is 1.04. The largest absolute Gasteiger partial charge is 0.121 e. The van der Waals surface area contributed by atoms with Crippen LogP contribution in [0.5, 0.6) is 0 Å². The summed E-state index contributed by atoms with van der Waals surface area (Å²) in [5.41, 5.74) is 4.09. The average molecular weight is 354 g/mol. The molecule has 0 fully saturated rings. The lowest BCUT2D eigenvalue weighted by molar-refractivity contribution is 1.25. The molecule has 2 heteroatoms. The van der Waals surface area contributed by atoms with Crippen molar-refractivity contribution in [2.45, 2.75) is 24.5 Å². The number of hydrogen-bond donors (Lipinski definition) is 0. The molecule has 0 nitrogen and oxygen atoms in total. The zero-order valence-corrected chi connectivity index (χ0v) is 13.0. The summed E-state index contributed by atoms with van der Waals surface area (Å²) in [6.45, 7) is 4.32. The summed E-state index contributed by atoms with van der Waals surface area (Å²) in [6.07, 6.45) is 0. The molecule has 0 radical (unpaired) electrons. The molecule has 2 aromatic rings. The second-order valence-electron chi connectivity index (χ2n) is 4.18. The Kier molecular flexibility index (Phi) is 4.51. The van der Waals surface area contributed by atoms with Crippen molar-refractivity contribution in [3.63, 3.8) is 0 Å². The smallest absolute Gasteiger partial charge is 0.0232 e. The van der Waals surface area contributed by atoms with E-state index < -0.39 is 0 Å². The van der Waals surface area contributed by atoms with E-state index in [2.05, 4.69) is 78.9 Å². The Hall–Kier alpha value is -0.480. The summed E-state index contributed by atoms with van der Waals surface area (Å²) in [5, 5.41) is 0. The summed E-state index contributed by atoms with van der Waals surface area (Å²) in [6, 6.07) is 15.4. The van der Waals surface area contributed by atoms with E-state index in [0.29, 0.717) is 0 Å². The van der Waals surface area contributed by atoms with Crippen molar-refractivity contribution in [3.8, 4) is 0 Å². The van der Waals surface area contributed by atoms with Crippen molar-refractivity contribution in [2.24, 2.45) is 0 Å². The van der Waals surface area contributed by atoms with Crippen molar-refractivity contribution < 1.29 is 0 Å². The Morgan fingerprint density at radius 1 is 1.00 bits per heavy atom. The van der Waals surface area contributed by atoms with Crippen molar-refractivity contribution >= 4 is 34.4 Å². The van der Waals surface area contributed by atoms with Crippen LogP contribution in [0.25, 0.3) is 0 Å². The molecule has 0 aliphatic rings. The predicted molar refractivity (Wildman–Crippen MR) is 84.6 cm³/mol. The van der Waals surface area contributed by atoms with E-state index in [1.807, 2.05) is 11.8 Å². The van der Waals surface area contributed by atoms with E-state index in [1.165, 1.54) is 25.2 Å². The van der Waals surface area contributed by atoms with Crippen LogP contribution in [0.1, 0.15) is 16.7 Å². The highest BCUT2D eigenvalue weighted by molar-refractivity contribution is 14.1. The zero-order valence-electron chi connectivity index (χ0n) is 10.0. The van der Waals surface area contributed by atoms with E-state index in [9.17, 15) is 0 Å². The number of thioether (sulfide) groups is 1. The Morgan fingerprint density at radius 3 is 2.35 bits per heavy atom. The molecule has 88 valence electrons. The van der Waals surface area contributed by atoms with Crippen molar-refractivity contribution in [2.75, 3.05) is 0 Å². The monoisotopic (exact) mass is 354 g/mol. The van der Waals surface area contributed by atoms with E-state index in [4.69, 9.17) is 0 Å². The van der Waals surface area contributed by atoms with Gasteiger partial charge in [-0.05, 0) is 65.8 Å². The van der Waals surface area contributed by atoms with Crippen molar-refractivity contribution in [1.29, 1.82) is 0 Å². The molecular formula is C15H15IS. The third-order valence-corrected chi connectivity index (χ3v) is 4.60. The second kappa shape index (κ2) is 5.91. The highest BCUT2D eigenvalue weighted by Gasteiger charge is 2.00. The van der Waals surface area contributed by atoms with Crippen LogP contribution in [-0.2, 0) is 5.75 Å². The second-order valence-corrected chi connectivity index (χ2v) is 6.45. The van der Waals surface area contributed by atoms with Gasteiger partial charge in [0.1, 0.15) is 0 Å². The van der Waals surface area contributed by atoms with Gasteiger partial charge >= 0.3 is 0 Å². The van der Waals surface area contributed by atoms with E-state index in [1.54, 1.807) is 0 Å². The van der Waals surface area contributed by atoms with Gasteiger partial charge in [-0.3, -0.25) is 0 Å². The van der Waals surface area contributed by atoms with Gasteiger partial charge in [0.25, 0.3) is 0 Å². The first kappa shape index (κ1) is 13.0. The third kappa shape index (κ3) is 3.75. The Labute approximate surface area is 121 Å². The molecule has 0 unspecified atom stereocenters. The standard InChI is InChI=1S/C15H15IS/c1-11-3-8-15(12(2)9-11)17-10-13-4-6-14(16)7-5-13/h3-9H,10H2,1-2H3. The molecule has 0 N–H and O–H groups in total. The Balaban J connectivity index is 2.04. The summed E-state index contributed by atoms with van der Waals surface area (Å²) >= 11 is 4.25. The normalized spacial score (nSPS) is 10.5. The fraction of sp³-hybridized carbons (Fsp3) is 0.200.